The van der Waals surface area contributed by atoms with Gasteiger partial charge in [0.1, 0.15) is 29.5 Å². The number of hydrogen-bond donors (Lipinski definition) is 2. The minimum atomic E-state index is -0.725. The fourth-order valence-electron chi connectivity index (χ4n) is 5.80. The Labute approximate surface area is 214 Å². The molecule has 3 aliphatic heterocycles. The lowest BCUT2D eigenvalue weighted by Crippen LogP contribution is -2.58. The summed E-state index contributed by atoms with van der Waals surface area (Å²) in [4.78, 5) is 25.9. The molecule has 4 fully saturated rings. The number of carbonyl (C=O) groups excluding carboxylic acids is 2. The predicted molar refractivity (Wildman–Crippen MR) is 132 cm³/mol. The van der Waals surface area contributed by atoms with E-state index in [0.29, 0.717) is 39.3 Å². The highest BCUT2D eigenvalue weighted by Gasteiger charge is 2.72. The normalized spacial score (nSPS) is 36.8. The Morgan fingerprint density at radius 1 is 1.22 bits per heavy atom. The van der Waals surface area contributed by atoms with Crippen LogP contribution in [0.2, 0.25) is 0 Å². The molecule has 0 radical (unpaired) electrons. The summed E-state index contributed by atoms with van der Waals surface area (Å²) in [6.45, 7) is 13.1. The van der Waals surface area contributed by atoms with Crippen molar-refractivity contribution in [3.8, 4) is 0 Å². The largest absolute Gasteiger partial charge is 0.443 e. The summed E-state index contributed by atoms with van der Waals surface area (Å²) in [6.07, 6.45) is 3.06. The van der Waals surface area contributed by atoms with Gasteiger partial charge in [-0.3, -0.25) is 10.2 Å². The van der Waals surface area contributed by atoms with Crippen molar-refractivity contribution >= 4 is 12.0 Å². The molecule has 4 aliphatic rings. The molecule has 0 bridgehead atoms. The highest BCUT2D eigenvalue weighted by Crippen LogP contribution is 2.59. The van der Waals surface area contributed by atoms with E-state index >= 15 is 0 Å². The van der Waals surface area contributed by atoms with Gasteiger partial charge >= 0.3 is 6.09 Å². The topological polar surface area (TPSA) is 114 Å². The molecular formula is C26H43N3O7. The maximum absolute atomic E-state index is 13.0. The van der Waals surface area contributed by atoms with Crippen molar-refractivity contribution in [1.82, 2.24) is 15.8 Å². The molecule has 0 aromatic heterocycles. The monoisotopic (exact) mass is 509 g/mol. The smallest absolute Gasteiger partial charge is 0.408 e. The molecule has 4 rings (SSSR count). The average Bonchev–Trinajstić information content (AvgIpc) is 3.74. The summed E-state index contributed by atoms with van der Waals surface area (Å²) in [5.41, 5.74) is 3.46. The summed E-state index contributed by atoms with van der Waals surface area (Å²) in [5, 5.41) is 4.61. The van der Waals surface area contributed by atoms with Crippen molar-refractivity contribution in [2.45, 2.75) is 89.4 Å². The molecule has 204 valence electrons. The lowest BCUT2D eigenvalue weighted by Gasteiger charge is -2.42. The summed E-state index contributed by atoms with van der Waals surface area (Å²) >= 11 is 0. The molecule has 2 amide bonds. The number of allylic oxidation sites excluding steroid dienone is 1. The van der Waals surface area contributed by atoms with Crippen molar-refractivity contribution in [1.29, 1.82) is 0 Å². The van der Waals surface area contributed by atoms with Gasteiger partial charge in [0.05, 0.1) is 31.8 Å². The van der Waals surface area contributed by atoms with Crippen LogP contribution in [-0.4, -0.2) is 92.6 Å². The molecule has 1 aliphatic carbocycles. The maximum Gasteiger partial charge on any atom is 0.408 e. The summed E-state index contributed by atoms with van der Waals surface area (Å²) in [6, 6.07) is -0.725. The third-order valence-corrected chi connectivity index (χ3v) is 8.00. The van der Waals surface area contributed by atoms with Crippen molar-refractivity contribution in [2.24, 2.45) is 11.8 Å². The van der Waals surface area contributed by atoms with Crippen molar-refractivity contribution < 1.29 is 33.3 Å². The molecule has 36 heavy (non-hydrogen) atoms. The Morgan fingerprint density at radius 3 is 2.50 bits per heavy atom. The van der Waals surface area contributed by atoms with Crippen molar-refractivity contribution in [2.75, 3.05) is 40.0 Å². The zero-order chi connectivity index (χ0) is 26.1. The number of alkyl carbamates (subject to hydrolysis) is 1. The first-order chi connectivity index (χ1) is 17.1. The van der Waals surface area contributed by atoms with E-state index < -0.39 is 23.8 Å². The molecule has 3 heterocycles. The third-order valence-electron chi connectivity index (χ3n) is 8.00. The van der Waals surface area contributed by atoms with E-state index in [4.69, 9.17) is 23.7 Å². The molecule has 0 aromatic rings. The minimum absolute atomic E-state index is 0.0531. The average molecular weight is 510 g/mol. The number of carbonyl (C=O) groups is 2. The van der Waals surface area contributed by atoms with Gasteiger partial charge in [-0.2, -0.15) is 0 Å². The minimum Gasteiger partial charge on any atom is -0.443 e. The second-order valence-corrected chi connectivity index (χ2v) is 11.3. The summed E-state index contributed by atoms with van der Waals surface area (Å²) in [7, 11) is 1.65. The first-order valence-corrected chi connectivity index (χ1v) is 13.2. The first kappa shape index (κ1) is 27.3. The number of hydrazine groups is 1. The van der Waals surface area contributed by atoms with Gasteiger partial charge < -0.3 is 29.0 Å². The van der Waals surface area contributed by atoms with Crippen LogP contribution in [0.25, 0.3) is 0 Å². The van der Waals surface area contributed by atoms with Gasteiger partial charge in [-0.05, 0) is 46.0 Å². The molecule has 10 heteroatoms. The maximum atomic E-state index is 13.0. The van der Waals surface area contributed by atoms with Gasteiger partial charge in [-0.1, -0.05) is 25.5 Å². The van der Waals surface area contributed by atoms with Crippen LogP contribution < -0.4 is 10.7 Å². The first-order valence-electron chi connectivity index (χ1n) is 13.2. The van der Waals surface area contributed by atoms with E-state index in [1.54, 1.807) is 7.11 Å². The van der Waals surface area contributed by atoms with Crippen LogP contribution >= 0.6 is 0 Å². The Bertz CT molecular complexity index is 835. The van der Waals surface area contributed by atoms with Gasteiger partial charge in [0, 0.05) is 20.2 Å². The highest BCUT2D eigenvalue weighted by atomic mass is 16.6. The number of hydrogen-bond acceptors (Lipinski definition) is 8. The SMILES string of the molecule is CO[C@H]1[C@@H]([C@@]2(C)O[C@@H]2CC=C(C)C)[C@]2(CC[C@H]1OC(=O)N[C@@H](C(=O)NN1CCOCC1)C(C)C)CO2. The highest BCUT2D eigenvalue weighted by molar-refractivity contribution is 5.85. The van der Waals surface area contributed by atoms with Crippen LogP contribution in [0.3, 0.4) is 0 Å². The van der Waals surface area contributed by atoms with Crippen LogP contribution in [0, 0.1) is 11.8 Å². The molecular weight excluding hydrogens is 466 g/mol. The summed E-state index contributed by atoms with van der Waals surface area (Å²) < 4.78 is 29.4. The Balaban J connectivity index is 1.39. The zero-order valence-electron chi connectivity index (χ0n) is 22.5. The van der Waals surface area contributed by atoms with Gasteiger partial charge in [0.25, 0.3) is 5.91 Å². The lowest BCUT2D eigenvalue weighted by atomic mass is 9.68. The number of nitrogens with zero attached hydrogens (tertiary/aromatic N) is 1. The van der Waals surface area contributed by atoms with E-state index in [1.807, 2.05) is 18.9 Å². The van der Waals surface area contributed by atoms with Gasteiger partial charge in [0.15, 0.2) is 0 Å². The van der Waals surface area contributed by atoms with Crippen LogP contribution in [0.5, 0.6) is 0 Å². The zero-order valence-corrected chi connectivity index (χ0v) is 22.5. The number of epoxide rings is 2. The molecule has 1 saturated carbocycles. The number of morpholine rings is 1. The number of rotatable bonds is 9. The van der Waals surface area contributed by atoms with E-state index in [9.17, 15) is 9.59 Å². The standard InChI is InChI=1S/C26H43N3O7/c1-16(2)7-8-19-25(5,36-19)22-21(32-6)18(9-10-26(22)15-34-26)35-24(31)27-20(17(3)4)23(30)28-29-11-13-33-14-12-29/h7,17-22H,8-15H2,1-6H3,(H,27,31)(H,28,30)/t18-,19-,20-,21-,22+,25+,26+/m1/s1. The van der Waals surface area contributed by atoms with Crippen LogP contribution in [0.15, 0.2) is 11.6 Å². The van der Waals surface area contributed by atoms with E-state index in [2.05, 4.69) is 37.6 Å². The lowest BCUT2D eigenvalue weighted by molar-refractivity contribution is -0.132. The summed E-state index contributed by atoms with van der Waals surface area (Å²) in [5.74, 6) is -0.434. The molecule has 3 saturated heterocycles. The molecule has 1 spiro atoms. The molecule has 7 atom stereocenters. The fraction of sp³-hybridized carbons (Fsp3) is 0.846. The van der Waals surface area contributed by atoms with Crippen LogP contribution in [0.1, 0.15) is 53.9 Å². The van der Waals surface area contributed by atoms with Gasteiger partial charge in [-0.25, -0.2) is 9.80 Å². The van der Waals surface area contributed by atoms with Crippen molar-refractivity contribution in [3.05, 3.63) is 11.6 Å². The van der Waals surface area contributed by atoms with E-state index in [1.165, 1.54) is 5.57 Å². The second-order valence-electron chi connectivity index (χ2n) is 11.3. The fourth-order valence-corrected chi connectivity index (χ4v) is 5.80. The van der Waals surface area contributed by atoms with E-state index in [-0.39, 0.29) is 35.6 Å². The Kier molecular flexibility index (Phi) is 8.31. The third kappa shape index (κ3) is 5.88. The number of amides is 2. The Hall–Kier alpha value is -1.72. The second kappa shape index (κ2) is 10.9. The molecule has 0 aromatic carbocycles. The number of nitrogens with one attached hydrogen (secondary N) is 2. The van der Waals surface area contributed by atoms with Crippen LogP contribution in [-0.2, 0) is 28.5 Å². The van der Waals surface area contributed by atoms with Gasteiger partial charge in [0.2, 0.25) is 0 Å². The van der Waals surface area contributed by atoms with Gasteiger partial charge in [-0.15, -0.1) is 0 Å². The van der Waals surface area contributed by atoms with Crippen LogP contribution in [0.4, 0.5) is 4.79 Å². The predicted octanol–water partition coefficient (Wildman–Crippen LogP) is 2.18. The molecule has 0 unspecified atom stereocenters. The quantitative estimate of drug-likeness (QED) is 0.359. The number of methoxy groups -OCH3 is 1. The Morgan fingerprint density at radius 2 is 1.92 bits per heavy atom. The van der Waals surface area contributed by atoms with E-state index in [0.717, 1.165) is 12.8 Å². The van der Waals surface area contributed by atoms with Crippen molar-refractivity contribution in [3.63, 3.8) is 0 Å². The molecule has 2 N–H and O–H groups in total. The molecule has 10 nitrogen and oxygen atoms in total. The number of ether oxygens (including phenoxy) is 5.